The van der Waals surface area contributed by atoms with Crippen LogP contribution in [0.25, 0.3) is 0 Å². The Labute approximate surface area is 121 Å². The van der Waals surface area contributed by atoms with Crippen molar-refractivity contribution < 1.29 is 13.2 Å². The first-order chi connectivity index (χ1) is 9.26. The summed E-state index contributed by atoms with van der Waals surface area (Å²) in [6.45, 7) is 6.99. The van der Waals surface area contributed by atoms with Crippen LogP contribution in [0, 0.1) is 5.41 Å². The number of nitrogens with zero attached hydrogens (tertiary/aromatic N) is 1. The molecule has 0 saturated heterocycles. The van der Waals surface area contributed by atoms with E-state index in [0.717, 1.165) is 0 Å². The van der Waals surface area contributed by atoms with Crippen LogP contribution in [0.4, 0.5) is 0 Å². The molecular formula is C14H24N2O3S. The van der Waals surface area contributed by atoms with Gasteiger partial charge in [0.2, 0.25) is 10.0 Å². The summed E-state index contributed by atoms with van der Waals surface area (Å²) in [5, 5.41) is 0. The minimum atomic E-state index is -3.50. The second-order valence-electron chi connectivity index (χ2n) is 5.48. The lowest BCUT2D eigenvalue weighted by molar-refractivity contribution is 0.273. The predicted molar refractivity (Wildman–Crippen MR) is 80.3 cm³/mol. The second-order valence-corrected chi connectivity index (χ2v) is 7.41. The van der Waals surface area contributed by atoms with Crippen molar-refractivity contribution in [2.45, 2.75) is 25.7 Å². The monoisotopic (exact) mass is 300 g/mol. The maximum Gasteiger partial charge on any atom is 0.243 e. The first-order valence-electron chi connectivity index (χ1n) is 6.61. The number of methoxy groups -OCH3 is 1. The fourth-order valence-corrected chi connectivity index (χ4v) is 3.44. The van der Waals surface area contributed by atoms with Crippen molar-refractivity contribution in [1.29, 1.82) is 0 Å². The van der Waals surface area contributed by atoms with Crippen LogP contribution in [0.1, 0.15) is 20.8 Å². The first-order valence-corrected chi connectivity index (χ1v) is 8.05. The van der Waals surface area contributed by atoms with Crippen molar-refractivity contribution in [3.63, 3.8) is 0 Å². The van der Waals surface area contributed by atoms with Crippen molar-refractivity contribution in [2.75, 3.05) is 26.7 Å². The van der Waals surface area contributed by atoms with Crippen molar-refractivity contribution >= 4 is 10.0 Å². The molecule has 5 nitrogen and oxygen atoms in total. The van der Waals surface area contributed by atoms with Crippen LogP contribution in [0.5, 0.6) is 5.75 Å². The van der Waals surface area contributed by atoms with E-state index in [1.54, 1.807) is 31.4 Å². The summed E-state index contributed by atoms with van der Waals surface area (Å²) in [5.41, 5.74) is 5.44. The zero-order valence-electron chi connectivity index (χ0n) is 12.6. The fourth-order valence-electron chi connectivity index (χ4n) is 1.81. The molecule has 0 aliphatic carbocycles. The molecule has 0 aromatic heterocycles. The molecule has 20 heavy (non-hydrogen) atoms. The third-order valence-corrected chi connectivity index (χ3v) is 5.14. The maximum atomic E-state index is 12.6. The molecular weight excluding hydrogens is 276 g/mol. The van der Waals surface area contributed by atoms with Gasteiger partial charge >= 0.3 is 0 Å². The summed E-state index contributed by atoms with van der Waals surface area (Å²) >= 11 is 0. The Morgan fingerprint density at radius 1 is 1.25 bits per heavy atom. The number of sulfonamides is 1. The van der Waals surface area contributed by atoms with Gasteiger partial charge in [-0.2, -0.15) is 4.31 Å². The zero-order chi connectivity index (χ0) is 15.4. The SMILES string of the molecule is CCN(CC(C)(C)CN)S(=O)(=O)c1ccc(OC)cc1. The molecule has 0 aliphatic rings. The molecule has 2 N–H and O–H groups in total. The van der Waals surface area contributed by atoms with Gasteiger partial charge in [-0.1, -0.05) is 20.8 Å². The van der Waals surface area contributed by atoms with E-state index in [2.05, 4.69) is 0 Å². The molecule has 0 unspecified atom stereocenters. The molecule has 0 fully saturated rings. The van der Waals surface area contributed by atoms with Crippen molar-refractivity contribution in [3.05, 3.63) is 24.3 Å². The van der Waals surface area contributed by atoms with Crippen molar-refractivity contribution in [1.82, 2.24) is 4.31 Å². The van der Waals surface area contributed by atoms with Gasteiger partial charge in [0, 0.05) is 13.1 Å². The van der Waals surface area contributed by atoms with E-state index in [0.29, 0.717) is 25.4 Å². The number of hydrogen-bond donors (Lipinski definition) is 1. The summed E-state index contributed by atoms with van der Waals surface area (Å²) in [6, 6.07) is 6.42. The van der Waals surface area contributed by atoms with E-state index in [-0.39, 0.29) is 10.3 Å². The number of benzene rings is 1. The van der Waals surface area contributed by atoms with Crippen molar-refractivity contribution in [2.24, 2.45) is 11.1 Å². The third-order valence-electron chi connectivity index (χ3n) is 3.21. The van der Waals surface area contributed by atoms with Gasteiger partial charge in [-0.3, -0.25) is 0 Å². The number of ether oxygens (including phenoxy) is 1. The Balaban J connectivity index is 3.05. The van der Waals surface area contributed by atoms with E-state index in [1.807, 2.05) is 20.8 Å². The zero-order valence-corrected chi connectivity index (χ0v) is 13.4. The van der Waals surface area contributed by atoms with Gasteiger partial charge in [0.05, 0.1) is 12.0 Å². The summed E-state index contributed by atoms with van der Waals surface area (Å²) in [4.78, 5) is 0.271. The lowest BCUT2D eigenvalue weighted by Crippen LogP contribution is -2.41. The summed E-state index contributed by atoms with van der Waals surface area (Å²) < 4.78 is 31.7. The largest absolute Gasteiger partial charge is 0.497 e. The minimum absolute atomic E-state index is 0.254. The Morgan fingerprint density at radius 2 is 1.80 bits per heavy atom. The molecule has 0 aliphatic heterocycles. The number of hydrogen-bond acceptors (Lipinski definition) is 4. The van der Waals surface area contributed by atoms with Gasteiger partial charge in [-0.05, 0) is 36.2 Å². The molecule has 0 amide bonds. The minimum Gasteiger partial charge on any atom is -0.497 e. The summed E-state index contributed by atoms with van der Waals surface area (Å²) in [7, 11) is -1.95. The van der Waals surface area contributed by atoms with Crippen LogP contribution in [0.15, 0.2) is 29.2 Å². The predicted octanol–water partition coefficient (Wildman–Crippen LogP) is 1.69. The van der Waals surface area contributed by atoms with E-state index >= 15 is 0 Å². The van der Waals surface area contributed by atoms with Crippen LogP contribution in [-0.4, -0.2) is 39.5 Å². The molecule has 0 bridgehead atoms. The van der Waals surface area contributed by atoms with Gasteiger partial charge in [0.15, 0.2) is 0 Å². The average molecular weight is 300 g/mol. The van der Waals surface area contributed by atoms with Gasteiger partial charge in [0.1, 0.15) is 5.75 Å². The lowest BCUT2D eigenvalue weighted by Gasteiger charge is -2.30. The van der Waals surface area contributed by atoms with Crippen molar-refractivity contribution in [3.8, 4) is 5.75 Å². The molecule has 1 rings (SSSR count). The quantitative estimate of drug-likeness (QED) is 0.831. The first kappa shape index (κ1) is 16.9. The molecule has 0 saturated carbocycles. The van der Waals surface area contributed by atoms with E-state index in [9.17, 15) is 8.42 Å². The molecule has 0 heterocycles. The van der Waals surface area contributed by atoms with E-state index < -0.39 is 10.0 Å². The number of rotatable bonds is 7. The molecule has 6 heteroatoms. The average Bonchev–Trinajstić information content (AvgIpc) is 2.44. The van der Waals surface area contributed by atoms with Crippen LogP contribution >= 0.6 is 0 Å². The highest BCUT2D eigenvalue weighted by molar-refractivity contribution is 7.89. The molecule has 0 spiro atoms. The van der Waals surface area contributed by atoms with E-state index in [1.165, 1.54) is 4.31 Å². The topological polar surface area (TPSA) is 72.6 Å². The van der Waals surface area contributed by atoms with Gasteiger partial charge < -0.3 is 10.5 Å². The van der Waals surface area contributed by atoms with Gasteiger partial charge in [-0.15, -0.1) is 0 Å². The summed E-state index contributed by atoms with van der Waals surface area (Å²) in [5.74, 6) is 0.634. The van der Waals surface area contributed by atoms with E-state index in [4.69, 9.17) is 10.5 Å². The van der Waals surface area contributed by atoms with Crippen LogP contribution in [0.2, 0.25) is 0 Å². The van der Waals surface area contributed by atoms with Gasteiger partial charge in [0.25, 0.3) is 0 Å². The van der Waals surface area contributed by atoms with Crippen LogP contribution in [0.3, 0.4) is 0 Å². The standard InChI is InChI=1S/C14H24N2O3S/c1-5-16(11-14(2,3)10-15)20(17,18)13-8-6-12(19-4)7-9-13/h6-9H,5,10-11,15H2,1-4H3. The Morgan fingerprint density at radius 3 is 2.20 bits per heavy atom. The normalized spacial score (nSPS) is 12.7. The molecule has 1 aromatic rings. The molecule has 0 radical (unpaired) electrons. The molecule has 0 atom stereocenters. The molecule has 114 valence electrons. The fraction of sp³-hybridized carbons (Fsp3) is 0.571. The maximum absolute atomic E-state index is 12.6. The summed E-state index contributed by atoms with van der Waals surface area (Å²) in [6.07, 6.45) is 0. The number of nitrogens with two attached hydrogens (primary N) is 1. The highest BCUT2D eigenvalue weighted by Gasteiger charge is 2.28. The Kier molecular flexibility index (Phi) is 5.56. The highest BCUT2D eigenvalue weighted by atomic mass is 32.2. The smallest absolute Gasteiger partial charge is 0.243 e. The second kappa shape index (κ2) is 6.56. The van der Waals surface area contributed by atoms with Crippen LogP contribution in [-0.2, 0) is 10.0 Å². The van der Waals surface area contributed by atoms with Gasteiger partial charge in [-0.25, -0.2) is 8.42 Å². The van der Waals surface area contributed by atoms with Crippen LogP contribution < -0.4 is 10.5 Å². The Hall–Kier alpha value is -1.11. The Bertz CT molecular complexity index is 524. The molecule has 1 aromatic carbocycles. The third kappa shape index (κ3) is 3.94. The highest BCUT2D eigenvalue weighted by Crippen LogP contribution is 2.23. The lowest BCUT2D eigenvalue weighted by atomic mass is 9.94.